The Morgan fingerprint density at radius 3 is 1.52 bits per heavy atom. The van der Waals surface area contributed by atoms with Crippen LogP contribution in [0.2, 0.25) is 0 Å². The third kappa shape index (κ3) is 4.60. The van der Waals surface area contributed by atoms with Crippen molar-refractivity contribution in [3.63, 3.8) is 0 Å². The van der Waals surface area contributed by atoms with Gasteiger partial charge in [-0.15, -0.1) is 0 Å². The van der Waals surface area contributed by atoms with Crippen LogP contribution in [0.5, 0.6) is 0 Å². The third-order valence-corrected chi connectivity index (χ3v) is 10.4. The lowest BCUT2D eigenvalue weighted by atomic mass is 10.0. The zero-order valence-corrected chi connectivity index (χ0v) is 29.0. The van der Waals surface area contributed by atoms with Crippen molar-refractivity contribution in [2.24, 2.45) is 0 Å². The quantitative estimate of drug-likeness (QED) is 0.180. The summed E-state index contributed by atoms with van der Waals surface area (Å²) in [6, 6.07) is 61.1. The highest BCUT2D eigenvalue weighted by Crippen LogP contribution is 2.46. The molecule has 0 amide bonds. The largest absolute Gasteiger partial charge is 0.307 e. The van der Waals surface area contributed by atoms with Crippen molar-refractivity contribution in [2.45, 2.75) is 0 Å². The van der Waals surface area contributed by atoms with Gasteiger partial charge in [0, 0.05) is 49.9 Å². The van der Waals surface area contributed by atoms with Crippen molar-refractivity contribution in [3.05, 3.63) is 182 Å². The van der Waals surface area contributed by atoms with Gasteiger partial charge in [-0.05, 0) is 41.5 Å². The van der Waals surface area contributed by atoms with E-state index in [1.54, 1.807) is 0 Å². The second-order valence-corrected chi connectivity index (χ2v) is 13.5. The molecule has 0 bridgehead atoms. The number of pyridine rings is 1. The minimum atomic E-state index is 0.540. The molecule has 6 heteroatoms. The van der Waals surface area contributed by atoms with E-state index in [0.29, 0.717) is 17.6 Å². The van der Waals surface area contributed by atoms with Gasteiger partial charge in [-0.3, -0.25) is 9.55 Å². The molecule has 252 valence electrons. The van der Waals surface area contributed by atoms with E-state index in [9.17, 15) is 0 Å². The number of fused-ring (bicyclic) bond motifs is 10. The smallest absolute Gasteiger partial charge is 0.238 e. The summed E-state index contributed by atoms with van der Waals surface area (Å²) < 4.78 is 4.62. The Morgan fingerprint density at radius 2 is 0.833 bits per heavy atom. The van der Waals surface area contributed by atoms with E-state index >= 15 is 0 Å². The minimum absolute atomic E-state index is 0.540. The van der Waals surface area contributed by atoms with Gasteiger partial charge in [0.1, 0.15) is 0 Å². The zero-order valence-electron chi connectivity index (χ0n) is 29.0. The Morgan fingerprint density at radius 1 is 0.352 bits per heavy atom. The molecule has 11 aromatic rings. The first kappa shape index (κ1) is 30.2. The van der Waals surface area contributed by atoms with Crippen LogP contribution < -0.4 is 0 Å². The molecule has 0 N–H and O–H groups in total. The van der Waals surface area contributed by atoms with E-state index in [-0.39, 0.29) is 0 Å². The highest BCUT2D eigenvalue weighted by atomic mass is 15.2. The van der Waals surface area contributed by atoms with Crippen LogP contribution in [0.4, 0.5) is 0 Å². The first-order valence-corrected chi connectivity index (χ1v) is 18.1. The summed E-state index contributed by atoms with van der Waals surface area (Å²) in [6.07, 6.45) is 1.89. The minimum Gasteiger partial charge on any atom is -0.307 e. The van der Waals surface area contributed by atoms with Gasteiger partial charge >= 0.3 is 0 Å². The van der Waals surface area contributed by atoms with Crippen molar-refractivity contribution in [2.75, 3.05) is 0 Å². The number of hydrogen-bond acceptors (Lipinski definition) is 4. The van der Waals surface area contributed by atoms with Crippen molar-refractivity contribution in [1.82, 2.24) is 29.1 Å². The predicted octanol–water partition coefficient (Wildman–Crippen LogP) is 11.6. The summed E-state index contributed by atoms with van der Waals surface area (Å²) >= 11 is 0. The van der Waals surface area contributed by atoms with Crippen LogP contribution in [0.25, 0.3) is 100 Å². The highest BCUT2D eigenvalue weighted by molar-refractivity contribution is 6.35. The molecule has 0 saturated heterocycles. The summed E-state index contributed by atoms with van der Waals surface area (Å²) in [7, 11) is 0. The normalized spacial score (nSPS) is 11.7. The Balaban J connectivity index is 1.30. The fourth-order valence-corrected chi connectivity index (χ4v) is 8.05. The van der Waals surface area contributed by atoms with E-state index in [4.69, 9.17) is 19.9 Å². The third-order valence-electron chi connectivity index (χ3n) is 10.4. The van der Waals surface area contributed by atoms with E-state index < -0.39 is 0 Å². The summed E-state index contributed by atoms with van der Waals surface area (Å²) in [5, 5.41) is 5.55. The van der Waals surface area contributed by atoms with E-state index in [0.717, 1.165) is 82.5 Å². The Kier molecular flexibility index (Phi) is 6.75. The van der Waals surface area contributed by atoms with Gasteiger partial charge in [-0.1, -0.05) is 146 Å². The number of nitrogens with zero attached hydrogens (tertiary/aromatic N) is 6. The van der Waals surface area contributed by atoms with Crippen molar-refractivity contribution < 1.29 is 0 Å². The van der Waals surface area contributed by atoms with Gasteiger partial charge in [0.15, 0.2) is 11.6 Å². The lowest BCUT2D eigenvalue weighted by Crippen LogP contribution is -2.07. The van der Waals surface area contributed by atoms with Crippen LogP contribution in [0.3, 0.4) is 0 Å². The maximum absolute atomic E-state index is 5.33. The molecule has 7 aromatic carbocycles. The van der Waals surface area contributed by atoms with Gasteiger partial charge in [0.25, 0.3) is 0 Å². The number of aromatic nitrogens is 6. The van der Waals surface area contributed by atoms with Crippen LogP contribution in [-0.2, 0) is 0 Å². The highest BCUT2D eigenvalue weighted by Gasteiger charge is 2.26. The van der Waals surface area contributed by atoms with Crippen molar-refractivity contribution >= 4 is 54.5 Å². The maximum Gasteiger partial charge on any atom is 0.238 e. The Bertz CT molecular complexity index is 3180. The molecule has 6 nitrogen and oxygen atoms in total. The summed E-state index contributed by atoms with van der Waals surface area (Å²) in [6.45, 7) is 0. The molecule has 0 aliphatic rings. The maximum atomic E-state index is 5.33. The number of hydrogen-bond donors (Lipinski definition) is 0. The Labute approximate surface area is 310 Å². The van der Waals surface area contributed by atoms with Crippen LogP contribution in [-0.4, -0.2) is 29.1 Å². The van der Waals surface area contributed by atoms with Crippen molar-refractivity contribution in [1.29, 1.82) is 0 Å². The number of benzene rings is 7. The molecule has 0 fully saturated rings. The second-order valence-electron chi connectivity index (χ2n) is 13.5. The molecule has 0 saturated carbocycles. The van der Waals surface area contributed by atoms with Gasteiger partial charge < -0.3 is 4.57 Å². The fraction of sp³-hybridized carbons (Fsp3) is 0. The Hall–Kier alpha value is -7.44. The SMILES string of the molecule is c1ccc(-c2ccc(-c3nc(-c4ccccc4)nc(-n4c5ccccc5c5c6ncccc6c6c7ccccc7n(-c7ccccc7)c6c54)n3)cc2)cc1. The average Bonchev–Trinajstić information content (AvgIpc) is 3.79. The van der Waals surface area contributed by atoms with E-state index in [1.807, 2.05) is 36.5 Å². The molecule has 0 aliphatic heterocycles. The van der Waals surface area contributed by atoms with E-state index in [1.165, 1.54) is 0 Å². The molecule has 11 rings (SSSR count). The summed E-state index contributed by atoms with van der Waals surface area (Å²) in [5.41, 5.74) is 10.3. The summed E-state index contributed by atoms with van der Waals surface area (Å²) in [4.78, 5) is 20.8. The molecular formula is C48H30N6. The molecule has 4 heterocycles. The molecule has 0 aliphatic carbocycles. The van der Waals surface area contributed by atoms with Crippen molar-refractivity contribution in [3.8, 4) is 45.5 Å². The molecule has 0 radical (unpaired) electrons. The monoisotopic (exact) mass is 690 g/mol. The second kappa shape index (κ2) is 12.1. The summed E-state index contributed by atoms with van der Waals surface area (Å²) in [5.74, 6) is 1.74. The molecule has 0 spiro atoms. The van der Waals surface area contributed by atoms with Gasteiger partial charge in [-0.25, -0.2) is 4.98 Å². The molecule has 0 unspecified atom stereocenters. The fourth-order valence-electron chi connectivity index (χ4n) is 8.05. The van der Waals surface area contributed by atoms with Crippen LogP contribution >= 0.6 is 0 Å². The molecular weight excluding hydrogens is 661 g/mol. The zero-order chi connectivity index (χ0) is 35.6. The number of para-hydroxylation sites is 3. The lowest BCUT2D eigenvalue weighted by molar-refractivity contribution is 0.953. The molecule has 54 heavy (non-hydrogen) atoms. The van der Waals surface area contributed by atoms with Gasteiger partial charge in [0.2, 0.25) is 5.95 Å². The molecule has 0 atom stereocenters. The van der Waals surface area contributed by atoms with Crippen LogP contribution in [0.15, 0.2) is 182 Å². The van der Waals surface area contributed by atoms with E-state index in [2.05, 4.69) is 155 Å². The first-order valence-electron chi connectivity index (χ1n) is 18.1. The number of rotatable bonds is 5. The average molecular weight is 691 g/mol. The predicted molar refractivity (Wildman–Crippen MR) is 220 cm³/mol. The topological polar surface area (TPSA) is 61.4 Å². The lowest BCUT2D eigenvalue weighted by Gasteiger charge is -2.14. The standard InChI is InChI=1S/C48H30N6/c1-4-15-31(16-5-1)32-26-28-34(29-27-32)47-50-46(33-17-6-2-7-18-33)51-48(52-47)54-40-25-13-11-22-37(40)42-43-38(23-14-30-49-43)41-36-21-10-12-24-39(36)53(44(41)45(42)54)35-19-8-3-9-20-35/h1-30H. The van der Waals surface area contributed by atoms with Crippen LogP contribution in [0.1, 0.15) is 0 Å². The van der Waals surface area contributed by atoms with Gasteiger partial charge in [-0.2, -0.15) is 9.97 Å². The first-order chi connectivity index (χ1) is 26.8. The molecule has 4 aromatic heterocycles. The van der Waals surface area contributed by atoms with Crippen LogP contribution in [0, 0.1) is 0 Å². The van der Waals surface area contributed by atoms with Gasteiger partial charge in [0.05, 0.1) is 27.6 Å².